The van der Waals surface area contributed by atoms with Crippen molar-refractivity contribution in [3.05, 3.63) is 35.6 Å². The van der Waals surface area contributed by atoms with E-state index in [1.807, 2.05) is 6.07 Å². The number of nitrogens with one attached hydrogen (secondary N) is 1. The molecule has 0 amide bonds. The van der Waals surface area contributed by atoms with Crippen molar-refractivity contribution in [3.63, 3.8) is 0 Å². The molecule has 1 fully saturated rings. The molecule has 1 aromatic carbocycles. The quantitative estimate of drug-likeness (QED) is 0.905. The molecule has 4 heteroatoms. The molecule has 0 saturated carbocycles. The maximum atomic E-state index is 13.0. The Bertz CT molecular complexity index is 447. The lowest BCUT2D eigenvalue weighted by atomic mass is 10.0. The molecular weight excluding hydrogens is 247 g/mol. The van der Waals surface area contributed by atoms with Crippen LogP contribution in [0.3, 0.4) is 0 Å². The highest BCUT2D eigenvalue weighted by atomic mass is 32.2. The molecule has 1 N–H and O–H groups in total. The van der Waals surface area contributed by atoms with Gasteiger partial charge in [-0.1, -0.05) is 30.8 Å². The molecule has 1 saturated heterocycles. The number of hydrogen-bond donors (Lipinski definition) is 1. The Kier molecular flexibility index (Phi) is 4.27. The van der Waals surface area contributed by atoms with E-state index in [4.69, 9.17) is 0 Å². The van der Waals surface area contributed by atoms with Gasteiger partial charge >= 0.3 is 0 Å². The predicted octanol–water partition coefficient (Wildman–Crippen LogP) is 3.23. The zero-order valence-electron chi connectivity index (χ0n) is 10.9. The molecule has 1 heterocycles. The molecule has 2 rings (SSSR count). The number of amidine groups is 1. The van der Waals surface area contributed by atoms with E-state index in [0.29, 0.717) is 6.54 Å². The Balaban J connectivity index is 1.86. The van der Waals surface area contributed by atoms with Crippen molar-refractivity contribution in [1.29, 1.82) is 0 Å². The summed E-state index contributed by atoms with van der Waals surface area (Å²) in [7, 11) is 0. The molecule has 1 aliphatic rings. The zero-order valence-corrected chi connectivity index (χ0v) is 11.7. The smallest absolute Gasteiger partial charge is 0.157 e. The van der Waals surface area contributed by atoms with Gasteiger partial charge < -0.3 is 5.32 Å². The van der Waals surface area contributed by atoms with Gasteiger partial charge in [-0.3, -0.25) is 4.99 Å². The van der Waals surface area contributed by atoms with Crippen molar-refractivity contribution >= 4 is 16.9 Å². The fraction of sp³-hybridized carbons (Fsp3) is 0.500. The summed E-state index contributed by atoms with van der Waals surface area (Å²) in [5, 5.41) is 4.48. The van der Waals surface area contributed by atoms with Crippen LogP contribution >= 0.6 is 11.8 Å². The normalized spacial score (nSPS) is 25.4. The maximum Gasteiger partial charge on any atom is 0.157 e. The summed E-state index contributed by atoms with van der Waals surface area (Å²) in [6.45, 7) is 5.11. The number of benzene rings is 1. The minimum absolute atomic E-state index is 0.174. The Morgan fingerprint density at radius 2 is 2.33 bits per heavy atom. The Morgan fingerprint density at radius 3 is 3.00 bits per heavy atom. The van der Waals surface area contributed by atoms with Crippen LogP contribution in [0, 0.1) is 5.82 Å². The van der Waals surface area contributed by atoms with Crippen molar-refractivity contribution in [1.82, 2.24) is 5.32 Å². The van der Waals surface area contributed by atoms with Gasteiger partial charge in [-0.05, 0) is 37.5 Å². The lowest BCUT2D eigenvalue weighted by molar-refractivity contribution is 0.466. The van der Waals surface area contributed by atoms with E-state index in [9.17, 15) is 4.39 Å². The Hall–Kier alpha value is -1.03. The number of rotatable bonds is 4. The molecule has 18 heavy (non-hydrogen) atoms. The largest absolute Gasteiger partial charge is 0.359 e. The topological polar surface area (TPSA) is 24.4 Å². The molecule has 0 radical (unpaired) electrons. The molecule has 98 valence electrons. The summed E-state index contributed by atoms with van der Waals surface area (Å²) in [6, 6.07) is 6.73. The molecule has 0 spiro atoms. The van der Waals surface area contributed by atoms with Crippen LogP contribution in [-0.4, -0.2) is 23.0 Å². The highest BCUT2D eigenvalue weighted by Gasteiger charge is 2.30. The fourth-order valence-electron chi connectivity index (χ4n) is 1.81. The van der Waals surface area contributed by atoms with Gasteiger partial charge in [-0.25, -0.2) is 4.39 Å². The molecule has 1 atom stereocenters. The van der Waals surface area contributed by atoms with Gasteiger partial charge in [-0.15, -0.1) is 0 Å². The van der Waals surface area contributed by atoms with Crippen LogP contribution in [-0.2, 0) is 6.42 Å². The molecule has 1 aliphatic heterocycles. The van der Waals surface area contributed by atoms with Crippen molar-refractivity contribution < 1.29 is 4.39 Å². The first-order valence-electron chi connectivity index (χ1n) is 6.31. The molecule has 0 aliphatic carbocycles. The van der Waals surface area contributed by atoms with Gasteiger partial charge in [0.25, 0.3) is 0 Å². The maximum absolute atomic E-state index is 13.0. The van der Waals surface area contributed by atoms with Crippen LogP contribution in [0.15, 0.2) is 29.3 Å². The molecule has 1 aromatic rings. The van der Waals surface area contributed by atoms with E-state index < -0.39 is 0 Å². The standard InChI is InChI=1S/C14H19FN2S/c1-3-14(2)10-18-13(17-14)16-8-7-11-5-4-6-12(15)9-11/h4-6,9H,3,7-8,10H2,1-2H3,(H,16,17). The number of hydrogen-bond acceptors (Lipinski definition) is 2. The third-order valence-corrected chi connectivity index (χ3v) is 4.55. The minimum Gasteiger partial charge on any atom is -0.359 e. The van der Waals surface area contributed by atoms with Gasteiger partial charge in [0.1, 0.15) is 5.82 Å². The van der Waals surface area contributed by atoms with Gasteiger partial charge in [0.2, 0.25) is 0 Å². The van der Waals surface area contributed by atoms with E-state index in [0.717, 1.165) is 29.3 Å². The van der Waals surface area contributed by atoms with Crippen LogP contribution in [0.2, 0.25) is 0 Å². The van der Waals surface area contributed by atoms with E-state index in [-0.39, 0.29) is 11.4 Å². The molecule has 0 bridgehead atoms. The van der Waals surface area contributed by atoms with E-state index in [1.165, 1.54) is 6.07 Å². The van der Waals surface area contributed by atoms with E-state index in [2.05, 4.69) is 24.2 Å². The van der Waals surface area contributed by atoms with Crippen LogP contribution in [0.1, 0.15) is 25.8 Å². The summed E-state index contributed by atoms with van der Waals surface area (Å²) in [5.41, 5.74) is 1.18. The van der Waals surface area contributed by atoms with E-state index in [1.54, 1.807) is 23.9 Å². The number of thioether (sulfide) groups is 1. The molecular formula is C14H19FN2S. The van der Waals surface area contributed by atoms with Crippen molar-refractivity contribution in [2.75, 3.05) is 12.3 Å². The van der Waals surface area contributed by atoms with Crippen molar-refractivity contribution in [2.45, 2.75) is 32.2 Å². The highest BCUT2D eigenvalue weighted by molar-refractivity contribution is 8.14. The fourth-order valence-corrected chi connectivity index (χ4v) is 3.05. The molecule has 0 aromatic heterocycles. The number of aliphatic imine (C=N–C) groups is 1. The summed E-state index contributed by atoms with van der Waals surface area (Å²) < 4.78 is 13.0. The van der Waals surface area contributed by atoms with Gasteiger partial charge in [-0.2, -0.15) is 0 Å². The van der Waals surface area contributed by atoms with E-state index >= 15 is 0 Å². The van der Waals surface area contributed by atoms with Gasteiger partial charge in [0.15, 0.2) is 5.17 Å². The second-order valence-electron chi connectivity index (χ2n) is 4.89. The summed E-state index contributed by atoms with van der Waals surface area (Å²) >= 11 is 1.78. The Morgan fingerprint density at radius 1 is 1.50 bits per heavy atom. The van der Waals surface area contributed by atoms with Crippen molar-refractivity contribution in [2.24, 2.45) is 4.99 Å². The van der Waals surface area contributed by atoms with Gasteiger partial charge in [0, 0.05) is 17.8 Å². The highest BCUT2D eigenvalue weighted by Crippen LogP contribution is 2.25. The van der Waals surface area contributed by atoms with Crippen molar-refractivity contribution in [3.8, 4) is 0 Å². The first kappa shape index (κ1) is 13.4. The predicted molar refractivity (Wildman–Crippen MR) is 76.7 cm³/mol. The lowest BCUT2D eigenvalue weighted by Crippen LogP contribution is -2.39. The van der Waals surface area contributed by atoms with Crippen LogP contribution in [0.5, 0.6) is 0 Å². The number of nitrogens with zero attached hydrogens (tertiary/aromatic N) is 1. The summed E-state index contributed by atoms with van der Waals surface area (Å²) in [4.78, 5) is 4.54. The van der Waals surface area contributed by atoms with Crippen LogP contribution in [0.25, 0.3) is 0 Å². The average Bonchev–Trinajstić information content (AvgIpc) is 2.72. The SMILES string of the molecule is CCC1(C)CSC(=NCCc2cccc(F)c2)N1. The minimum atomic E-state index is -0.174. The third kappa shape index (κ3) is 3.48. The second kappa shape index (κ2) is 5.74. The Labute approximate surface area is 112 Å². The first-order valence-corrected chi connectivity index (χ1v) is 7.30. The molecule has 1 unspecified atom stereocenters. The lowest BCUT2D eigenvalue weighted by Gasteiger charge is -2.20. The molecule has 2 nitrogen and oxygen atoms in total. The van der Waals surface area contributed by atoms with Gasteiger partial charge in [0.05, 0.1) is 0 Å². The van der Waals surface area contributed by atoms with Crippen LogP contribution in [0.4, 0.5) is 4.39 Å². The third-order valence-electron chi connectivity index (χ3n) is 3.26. The zero-order chi connectivity index (χ0) is 13.0. The first-order chi connectivity index (χ1) is 8.61. The summed E-state index contributed by atoms with van der Waals surface area (Å²) in [6.07, 6.45) is 1.88. The average molecular weight is 266 g/mol. The number of halogens is 1. The monoisotopic (exact) mass is 266 g/mol. The van der Waals surface area contributed by atoms with Crippen LogP contribution < -0.4 is 5.32 Å². The summed E-state index contributed by atoms with van der Waals surface area (Å²) in [5.74, 6) is 0.898. The second-order valence-corrected chi connectivity index (χ2v) is 5.86.